The van der Waals surface area contributed by atoms with Crippen molar-refractivity contribution in [2.24, 2.45) is 0 Å². The molecule has 2 rings (SSSR count). The van der Waals surface area contributed by atoms with Crippen LogP contribution in [0, 0.1) is 26.6 Å². The normalized spacial score (nSPS) is 11.1. The molecule has 1 aromatic heterocycles. The van der Waals surface area contributed by atoms with Crippen molar-refractivity contribution in [2.45, 2.75) is 20.8 Å². The van der Waals surface area contributed by atoms with Crippen LogP contribution in [-0.4, -0.2) is 4.98 Å². The van der Waals surface area contributed by atoms with E-state index in [1.54, 1.807) is 6.92 Å². The molecule has 0 saturated carbocycles. The molecule has 0 radical (unpaired) electrons. The highest BCUT2D eigenvalue weighted by Gasteiger charge is 2.08. The first-order valence-electron chi connectivity index (χ1n) is 4.35. The zero-order valence-corrected chi connectivity index (χ0v) is 8.03. The van der Waals surface area contributed by atoms with Crippen molar-refractivity contribution in [2.75, 3.05) is 0 Å². The van der Waals surface area contributed by atoms with Crippen molar-refractivity contribution in [3.05, 3.63) is 34.8 Å². The van der Waals surface area contributed by atoms with Gasteiger partial charge in [0.25, 0.3) is 0 Å². The van der Waals surface area contributed by atoms with Gasteiger partial charge in [-0.15, -0.1) is 0 Å². The average Bonchev–Trinajstić information content (AvgIpc) is 2.38. The molecule has 0 aliphatic rings. The standard InChI is InChI=1S/C11H12FN/c1-6-8(3)13-11-7(2)10(12)5-4-9(6)11/h4-5,13H,1-3H3. The van der Waals surface area contributed by atoms with Crippen molar-refractivity contribution in [1.82, 2.24) is 4.98 Å². The van der Waals surface area contributed by atoms with Gasteiger partial charge in [0.05, 0.1) is 5.52 Å². The number of aromatic nitrogens is 1. The van der Waals surface area contributed by atoms with Gasteiger partial charge >= 0.3 is 0 Å². The van der Waals surface area contributed by atoms with Crippen LogP contribution in [0.5, 0.6) is 0 Å². The second-order valence-corrected chi connectivity index (χ2v) is 3.47. The summed E-state index contributed by atoms with van der Waals surface area (Å²) in [4.78, 5) is 3.20. The molecule has 0 atom stereocenters. The Bertz CT molecular complexity index is 468. The van der Waals surface area contributed by atoms with E-state index in [9.17, 15) is 4.39 Å². The number of fused-ring (bicyclic) bond motifs is 1. The highest BCUT2D eigenvalue weighted by atomic mass is 19.1. The lowest BCUT2D eigenvalue weighted by Gasteiger charge is -1.97. The van der Waals surface area contributed by atoms with E-state index in [0.717, 1.165) is 16.6 Å². The Morgan fingerprint density at radius 1 is 1.08 bits per heavy atom. The van der Waals surface area contributed by atoms with Crippen molar-refractivity contribution < 1.29 is 4.39 Å². The Labute approximate surface area is 76.6 Å². The number of hydrogen-bond donors (Lipinski definition) is 1. The number of nitrogens with one attached hydrogen (secondary N) is 1. The Morgan fingerprint density at radius 3 is 2.46 bits per heavy atom. The predicted octanol–water partition coefficient (Wildman–Crippen LogP) is 3.23. The molecule has 1 heterocycles. The molecule has 1 aromatic carbocycles. The summed E-state index contributed by atoms with van der Waals surface area (Å²) in [7, 11) is 0. The maximum Gasteiger partial charge on any atom is 0.128 e. The smallest absolute Gasteiger partial charge is 0.128 e. The van der Waals surface area contributed by atoms with E-state index in [4.69, 9.17) is 0 Å². The summed E-state index contributed by atoms with van der Waals surface area (Å²) in [6.07, 6.45) is 0. The lowest BCUT2D eigenvalue weighted by atomic mass is 10.1. The number of H-pyrrole nitrogens is 1. The van der Waals surface area contributed by atoms with Gasteiger partial charge in [-0.3, -0.25) is 0 Å². The SMILES string of the molecule is Cc1[nH]c2c(C)c(F)ccc2c1C. The quantitative estimate of drug-likeness (QED) is 0.635. The van der Waals surface area contributed by atoms with Crippen LogP contribution in [0.25, 0.3) is 10.9 Å². The molecule has 68 valence electrons. The molecule has 2 aromatic rings. The van der Waals surface area contributed by atoms with E-state index in [1.165, 1.54) is 11.6 Å². The molecule has 0 aliphatic heterocycles. The molecule has 0 aliphatic carbocycles. The van der Waals surface area contributed by atoms with Crippen molar-refractivity contribution in [3.63, 3.8) is 0 Å². The van der Waals surface area contributed by atoms with Gasteiger partial charge in [0.15, 0.2) is 0 Å². The van der Waals surface area contributed by atoms with E-state index in [-0.39, 0.29) is 5.82 Å². The monoisotopic (exact) mass is 177 g/mol. The minimum Gasteiger partial charge on any atom is -0.358 e. The van der Waals surface area contributed by atoms with E-state index < -0.39 is 0 Å². The van der Waals surface area contributed by atoms with E-state index >= 15 is 0 Å². The first-order chi connectivity index (χ1) is 6.11. The molecule has 0 bridgehead atoms. The van der Waals surface area contributed by atoms with Gasteiger partial charge in [-0.1, -0.05) is 0 Å². The molecule has 0 spiro atoms. The minimum atomic E-state index is -0.145. The Kier molecular flexibility index (Phi) is 1.65. The number of halogens is 1. The third-order valence-corrected chi connectivity index (χ3v) is 2.68. The van der Waals surface area contributed by atoms with Crippen LogP contribution in [0.1, 0.15) is 16.8 Å². The maximum absolute atomic E-state index is 13.2. The van der Waals surface area contributed by atoms with Gasteiger partial charge in [0.2, 0.25) is 0 Å². The van der Waals surface area contributed by atoms with Gasteiger partial charge in [0, 0.05) is 16.6 Å². The van der Waals surface area contributed by atoms with Gasteiger partial charge in [0.1, 0.15) is 5.82 Å². The van der Waals surface area contributed by atoms with Crippen LogP contribution in [0.2, 0.25) is 0 Å². The summed E-state index contributed by atoms with van der Waals surface area (Å²) in [5.74, 6) is -0.145. The van der Waals surface area contributed by atoms with E-state index in [1.807, 2.05) is 19.9 Å². The Hall–Kier alpha value is -1.31. The molecular weight excluding hydrogens is 165 g/mol. The lowest BCUT2D eigenvalue weighted by molar-refractivity contribution is 0.620. The third kappa shape index (κ3) is 1.05. The number of aromatic amines is 1. The Morgan fingerprint density at radius 2 is 1.77 bits per heavy atom. The van der Waals surface area contributed by atoms with Crippen molar-refractivity contribution in [3.8, 4) is 0 Å². The van der Waals surface area contributed by atoms with E-state index in [0.29, 0.717) is 5.56 Å². The third-order valence-electron chi connectivity index (χ3n) is 2.68. The number of aryl methyl sites for hydroxylation is 3. The summed E-state index contributed by atoms with van der Waals surface area (Å²) in [6.45, 7) is 5.85. The summed E-state index contributed by atoms with van der Waals surface area (Å²) >= 11 is 0. The zero-order valence-electron chi connectivity index (χ0n) is 8.03. The zero-order chi connectivity index (χ0) is 9.59. The fraction of sp³-hybridized carbons (Fsp3) is 0.273. The first kappa shape index (κ1) is 8.30. The fourth-order valence-corrected chi connectivity index (χ4v) is 1.64. The number of hydrogen-bond acceptors (Lipinski definition) is 0. The van der Waals surface area contributed by atoms with Crippen molar-refractivity contribution in [1.29, 1.82) is 0 Å². The minimum absolute atomic E-state index is 0.145. The topological polar surface area (TPSA) is 15.8 Å². The second-order valence-electron chi connectivity index (χ2n) is 3.47. The Balaban J connectivity index is 2.94. The van der Waals surface area contributed by atoms with Crippen LogP contribution in [0.4, 0.5) is 4.39 Å². The molecule has 0 unspecified atom stereocenters. The second kappa shape index (κ2) is 2.59. The van der Waals surface area contributed by atoms with Crippen molar-refractivity contribution >= 4 is 10.9 Å². The summed E-state index contributed by atoms with van der Waals surface area (Å²) < 4.78 is 13.2. The molecule has 1 nitrogen and oxygen atoms in total. The average molecular weight is 177 g/mol. The molecule has 0 fully saturated rings. The largest absolute Gasteiger partial charge is 0.358 e. The summed E-state index contributed by atoms with van der Waals surface area (Å²) in [5, 5.41) is 1.12. The molecule has 13 heavy (non-hydrogen) atoms. The molecular formula is C11H12FN. The highest BCUT2D eigenvalue weighted by Crippen LogP contribution is 2.25. The van der Waals surface area contributed by atoms with E-state index in [2.05, 4.69) is 4.98 Å². The van der Waals surface area contributed by atoms with Gasteiger partial charge < -0.3 is 4.98 Å². The van der Waals surface area contributed by atoms with Gasteiger partial charge in [-0.2, -0.15) is 0 Å². The molecule has 0 saturated heterocycles. The van der Waals surface area contributed by atoms with Crippen LogP contribution in [0.15, 0.2) is 12.1 Å². The fourth-order valence-electron chi connectivity index (χ4n) is 1.64. The maximum atomic E-state index is 13.2. The van der Waals surface area contributed by atoms with Crippen LogP contribution in [0.3, 0.4) is 0 Å². The molecule has 2 heteroatoms. The summed E-state index contributed by atoms with van der Waals surface area (Å²) in [5.41, 5.74) is 3.95. The predicted molar refractivity (Wildman–Crippen MR) is 52.5 cm³/mol. The van der Waals surface area contributed by atoms with Crippen LogP contribution >= 0.6 is 0 Å². The highest BCUT2D eigenvalue weighted by molar-refractivity contribution is 5.87. The molecule has 0 amide bonds. The summed E-state index contributed by atoms with van der Waals surface area (Å²) in [6, 6.07) is 3.36. The van der Waals surface area contributed by atoms with Crippen LogP contribution in [-0.2, 0) is 0 Å². The lowest BCUT2D eigenvalue weighted by Crippen LogP contribution is -1.82. The van der Waals surface area contributed by atoms with Gasteiger partial charge in [-0.25, -0.2) is 4.39 Å². The first-order valence-corrected chi connectivity index (χ1v) is 4.35. The van der Waals surface area contributed by atoms with Gasteiger partial charge in [-0.05, 0) is 38.5 Å². The number of rotatable bonds is 0. The van der Waals surface area contributed by atoms with Crippen LogP contribution < -0.4 is 0 Å². The number of benzene rings is 1. The molecule has 1 N–H and O–H groups in total.